The minimum absolute atomic E-state index is 0.0618. The summed E-state index contributed by atoms with van der Waals surface area (Å²) in [5.74, 6) is -3.33. The van der Waals surface area contributed by atoms with Crippen molar-refractivity contribution in [3.8, 4) is 11.5 Å². The number of primary amides is 1. The number of ether oxygens (including phenoxy) is 2. The Labute approximate surface area is 202 Å². The molecule has 1 aliphatic heterocycles. The van der Waals surface area contributed by atoms with Crippen LogP contribution in [0.4, 0.5) is 13.2 Å². The zero-order chi connectivity index (χ0) is 25.1. The molecule has 0 aliphatic carbocycles. The van der Waals surface area contributed by atoms with E-state index in [2.05, 4.69) is 0 Å². The van der Waals surface area contributed by atoms with Crippen LogP contribution in [0, 0.1) is 17.5 Å². The standard InChI is InChI=1S/C27H27F3N2O3/c1-34-22-14-18-12-13-32(26(27(31)33)17-6-4-3-5-7-17)21(19(18)15-23(22)35-2)11-9-16-8-10-20(28)25(30)24(16)29/h3-8,10,14-15,21,26H,9,11-13H2,1-2H3,(H2,31,33)/t21-,26+/m0/s1. The van der Waals surface area contributed by atoms with E-state index in [1.54, 1.807) is 7.11 Å². The van der Waals surface area contributed by atoms with Gasteiger partial charge in [-0.15, -0.1) is 0 Å². The van der Waals surface area contributed by atoms with Crippen molar-refractivity contribution in [2.24, 2.45) is 5.73 Å². The van der Waals surface area contributed by atoms with Crippen LogP contribution in [0.15, 0.2) is 54.6 Å². The van der Waals surface area contributed by atoms with Crippen LogP contribution in [0.5, 0.6) is 11.5 Å². The van der Waals surface area contributed by atoms with Crippen LogP contribution < -0.4 is 15.2 Å². The third-order valence-electron chi connectivity index (χ3n) is 6.56. The van der Waals surface area contributed by atoms with Crippen LogP contribution >= 0.6 is 0 Å². The fourth-order valence-corrected chi connectivity index (χ4v) is 4.88. The van der Waals surface area contributed by atoms with Gasteiger partial charge in [0.1, 0.15) is 6.04 Å². The van der Waals surface area contributed by atoms with Crippen molar-refractivity contribution in [1.82, 2.24) is 4.90 Å². The summed E-state index contributed by atoms with van der Waals surface area (Å²) < 4.78 is 52.7. The molecule has 8 heteroatoms. The molecule has 0 fully saturated rings. The average molecular weight is 485 g/mol. The molecule has 2 atom stereocenters. The number of rotatable bonds is 8. The molecule has 0 unspecified atom stereocenters. The quantitative estimate of drug-likeness (QED) is 0.463. The Kier molecular flexibility index (Phi) is 7.31. The maximum Gasteiger partial charge on any atom is 0.239 e. The van der Waals surface area contributed by atoms with Crippen molar-refractivity contribution in [3.05, 3.63) is 94.3 Å². The van der Waals surface area contributed by atoms with Crippen molar-refractivity contribution in [3.63, 3.8) is 0 Å². The van der Waals surface area contributed by atoms with Gasteiger partial charge >= 0.3 is 0 Å². The maximum absolute atomic E-state index is 14.4. The molecule has 0 saturated heterocycles. The van der Waals surface area contributed by atoms with Gasteiger partial charge in [0.2, 0.25) is 5.91 Å². The molecule has 1 heterocycles. The van der Waals surface area contributed by atoms with Crippen LogP contribution in [0.25, 0.3) is 0 Å². The van der Waals surface area contributed by atoms with E-state index in [9.17, 15) is 18.0 Å². The Balaban J connectivity index is 1.78. The number of halogens is 3. The van der Waals surface area contributed by atoms with E-state index in [4.69, 9.17) is 15.2 Å². The van der Waals surface area contributed by atoms with E-state index >= 15 is 0 Å². The number of fused-ring (bicyclic) bond motifs is 1. The van der Waals surface area contributed by atoms with Gasteiger partial charge < -0.3 is 15.2 Å². The molecule has 3 aromatic carbocycles. The van der Waals surface area contributed by atoms with Crippen molar-refractivity contribution in [2.75, 3.05) is 20.8 Å². The summed E-state index contributed by atoms with van der Waals surface area (Å²) in [6.45, 7) is 0.510. The maximum atomic E-state index is 14.4. The number of benzene rings is 3. The zero-order valence-corrected chi connectivity index (χ0v) is 19.6. The smallest absolute Gasteiger partial charge is 0.239 e. The summed E-state index contributed by atoms with van der Waals surface area (Å²) in [4.78, 5) is 14.7. The first-order valence-electron chi connectivity index (χ1n) is 11.3. The highest BCUT2D eigenvalue weighted by molar-refractivity contribution is 5.81. The largest absolute Gasteiger partial charge is 0.493 e. The summed E-state index contributed by atoms with van der Waals surface area (Å²) in [5.41, 5.74) is 8.57. The summed E-state index contributed by atoms with van der Waals surface area (Å²) in [5, 5.41) is 0. The Hall–Kier alpha value is -3.52. The fraction of sp³-hybridized carbons (Fsp3) is 0.296. The van der Waals surface area contributed by atoms with E-state index in [0.717, 1.165) is 22.8 Å². The normalized spacial score (nSPS) is 16.4. The van der Waals surface area contributed by atoms with Crippen molar-refractivity contribution in [2.45, 2.75) is 31.3 Å². The minimum Gasteiger partial charge on any atom is -0.493 e. The van der Waals surface area contributed by atoms with Gasteiger partial charge in [-0.25, -0.2) is 13.2 Å². The minimum atomic E-state index is -1.49. The lowest BCUT2D eigenvalue weighted by Gasteiger charge is -2.41. The van der Waals surface area contributed by atoms with Crippen LogP contribution in [0.3, 0.4) is 0 Å². The number of hydrogen-bond donors (Lipinski definition) is 1. The molecule has 2 N–H and O–H groups in total. The van der Waals surface area contributed by atoms with Crippen molar-refractivity contribution >= 4 is 5.91 Å². The number of methoxy groups -OCH3 is 2. The first-order chi connectivity index (χ1) is 16.8. The number of carbonyl (C=O) groups is 1. The molecule has 1 aliphatic rings. The number of aryl methyl sites for hydroxylation is 1. The molecule has 5 nitrogen and oxygen atoms in total. The summed E-state index contributed by atoms with van der Waals surface area (Å²) in [6, 6.07) is 14.0. The van der Waals surface area contributed by atoms with Gasteiger partial charge in [0.15, 0.2) is 29.0 Å². The number of nitrogens with zero attached hydrogens (tertiary/aromatic N) is 1. The highest BCUT2D eigenvalue weighted by Gasteiger charge is 2.36. The van der Waals surface area contributed by atoms with E-state index in [1.807, 2.05) is 47.4 Å². The SMILES string of the molecule is COc1cc2c(cc1OC)[C@H](CCc1ccc(F)c(F)c1F)N([C@@H](C(N)=O)c1ccccc1)CC2. The topological polar surface area (TPSA) is 64.8 Å². The predicted molar refractivity (Wildman–Crippen MR) is 126 cm³/mol. The highest BCUT2D eigenvalue weighted by Crippen LogP contribution is 2.43. The summed E-state index contributed by atoms with van der Waals surface area (Å²) >= 11 is 0. The Morgan fingerprint density at radius 2 is 1.71 bits per heavy atom. The summed E-state index contributed by atoms with van der Waals surface area (Å²) in [6.07, 6.45) is 1.09. The molecule has 0 bridgehead atoms. The zero-order valence-electron chi connectivity index (χ0n) is 19.6. The second kappa shape index (κ2) is 10.4. The number of amides is 1. The van der Waals surface area contributed by atoms with Gasteiger partial charge in [-0.05, 0) is 59.7 Å². The molecule has 0 radical (unpaired) electrons. The van der Waals surface area contributed by atoms with Gasteiger partial charge in [-0.3, -0.25) is 9.69 Å². The third kappa shape index (κ3) is 4.84. The van der Waals surface area contributed by atoms with E-state index in [0.29, 0.717) is 30.9 Å². The van der Waals surface area contributed by atoms with Crippen LogP contribution in [-0.2, 0) is 17.6 Å². The van der Waals surface area contributed by atoms with Gasteiger partial charge in [-0.2, -0.15) is 0 Å². The third-order valence-corrected chi connectivity index (χ3v) is 6.56. The lowest BCUT2D eigenvalue weighted by atomic mass is 9.86. The molecule has 35 heavy (non-hydrogen) atoms. The van der Waals surface area contributed by atoms with E-state index < -0.39 is 29.4 Å². The van der Waals surface area contributed by atoms with Crippen LogP contribution in [-0.4, -0.2) is 31.6 Å². The highest BCUT2D eigenvalue weighted by atomic mass is 19.2. The molecule has 0 spiro atoms. The average Bonchev–Trinajstić information content (AvgIpc) is 2.87. The van der Waals surface area contributed by atoms with Gasteiger partial charge in [0.25, 0.3) is 0 Å². The Morgan fingerprint density at radius 1 is 1.03 bits per heavy atom. The molecule has 4 rings (SSSR count). The predicted octanol–water partition coefficient (Wildman–Crippen LogP) is 4.88. The first kappa shape index (κ1) is 24.6. The van der Waals surface area contributed by atoms with Crippen molar-refractivity contribution in [1.29, 1.82) is 0 Å². The number of nitrogens with two attached hydrogens (primary N) is 1. The van der Waals surface area contributed by atoms with Crippen LogP contribution in [0.2, 0.25) is 0 Å². The molecule has 0 saturated carbocycles. The Bertz CT molecular complexity index is 1220. The second-order valence-corrected chi connectivity index (χ2v) is 8.50. The van der Waals surface area contributed by atoms with Crippen molar-refractivity contribution < 1.29 is 27.4 Å². The summed E-state index contributed by atoms with van der Waals surface area (Å²) in [7, 11) is 3.09. The molecule has 3 aromatic rings. The fourth-order valence-electron chi connectivity index (χ4n) is 4.88. The molecule has 1 amide bonds. The molecule has 0 aromatic heterocycles. The Morgan fingerprint density at radius 3 is 2.37 bits per heavy atom. The van der Waals surface area contributed by atoms with Crippen LogP contribution in [0.1, 0.15) is 40.8 Å². The lowest BCUT2D eigenvalue weighted by Crippen LogP contribution is -2.44. The van der Waals surface area contributed by atoms with Gasteiger partial charge in [0, 0.05) is 12.6 Å². The molecular weight excluding hydrogens is 457 g/mol. The lowest BCUT2D eigenvalue weighted by molar-refractivity contribution is -0.124. The van der Waals surface area contributed by atoms with E-state index in [-0.39, 0.29) is 18.0 Å². The molecule has 184 valence electrons. The molecular formula is C27H27F3N2O3. The number of carbonyl (C=O) groups excluding carboxylic acids is 1. The van der Waals surface area contributed by atoms with Gasteiger partial charge in [0.05, 0.1) is 14.2 Å². The van der Waals surface area contributed by atoms with Gasteiger partial charge in [-0.1, -0.05) is 36.4 Å². The first-order valence-corrected chi connectivity index (χ1v) is 11.3. The number of hydrogen-bond acceptors (Lipinski definition) is 4. The monoisotopic (exact) mass is 484 g/mol. The second-order valence-electron chi connectivity index (χ2n) is 8.50. The van der Waals surface area contributed by atoms with E-state index in [1.165, 1.54) is 13.2 Å².